The minimum Gasteiger partial charge on any atom is -0.406 e. The third-order valence-corrected chi connectivity index (χ3v) is 3.53. The Kier molecular flexibility index (Phi) is 5.03. The van der Waals surface area contributed by atoms with Crippen molar-refractivity contribution in [2.24, 2.45) is 0 Å². The van der Waals surface area contributed by atoms with E-state index < -0.39 is 11.9 Å². The normalized spacial score (nSPS) is 16.1. The molecule has 0 radical (unpaired) electrons. The number of alkyl halides is 3. The van der Waals surface area contributed by atoms with Gasteiger partial charge < -0.3 is 19.7 Å². The van der Waals surface area contributed by atoms with Gasteiger partial charge in [0.05, 0.1) is 18.8 Å². The summed E-state index contributed by atoms with van der Waals surface area (Å²) in [7, 11) is 0. The number of morpholine rings is 1. The van der Waals surface area contributed by atoms with Crippen molar-refractivity contribution in [1.82, 2.24) is 10.2 Å². The molecule has 0 aliphatic carbocycles. The van der Waals surface area contributed by atoms with Crippen LogP contribution in [0, 0.1) is 0 Å². The van der Waals surface area contributed by atoms with Crippen LogP contribution in [0.5, 0.6) is 5.75 Å². The fourth-order valence-corrected chi connectivity index (χ4v) is 2.26. The predicted molar refractivity (Wildman–Crippen MR) is 77.1 cm³/mol. The fourth-order valence-electron chi connectivity index (χ4n) is 2.26. The van der Waals surface area contributed by atoms with E-state index in [1.807, 2.05) is 0 Å². The summed E-state index contributed by atoms with van der Waals surface area (Å²) in [6, 6.07) is 5.23. The molecule has 1 aliphatic rings. The molecule has 2 amide bonds. The van der Waals surface area contributed by atoms with Crippen LogP contribution < -0.4 is 10.1 Å². The number of hydrogen-bond donors (Lipinski definition) is 1. The van der Waals surface area contributed by atoms with Gasteiger partial charge in [0, 0.05) is 13.1 Å². The van der Waals surface area contributed by atoms with E-state index in [0.717, 1.165) is 0 Å². The van der Waals surface area contributed by atoms with Gasteiger partial charge in [0.1, 0.15) is 5.75 Å². The van der Waals surface area contributed by atoms with Crippen LogP contribution in [0.4, 0.5) is 18.0 Å². The number of hydrogen-bond acceptors (Lipinski definition) is 3. The minimum absolute atomic E-state index is 0.228. The van der Waals surface area contributed by atoms with Gasteiger partial charge in [-0.3, -0.25) is 0 Å². The van der Waals surface area contributed by atoms with E-state index in [9.17, 15) is 18.0 Å². The number of rotatable bonds is 3. The number of halogens is 3. The van der Waals surface area contributed by atoms with Gasteiger partial charge in [-0.2, -0.15) is 0 Å². The number of amides is 2. The lowest BCUT2D eigenvalue weighted by molar-refractivity contribution is -0.274. The molecular weight excluding hydrogens is 313 g/mol. The number of nitrogens with zero attached hydrogens (tertiary/aromatic N) is 1. The summed E-state index contributed by atoms with van der Waals surface area (Å²) in [5, 5.41) is 2.88. The second-order valence-corrected chi connectivity index (χ2v) is 5.73. The SMILES string of the molecule is CC(C)(NC(=O)N1CCOCC1)c1ccc(OC(F)(F)F)cc1. The molecule has 128 valence electrons. The maximum absolute atomic E-state index is 12.2. The number of carbonyl (C=O) groups excluding carboxylic acids is 1. The highest BCUT2D eigenvalue weighted by atomic mass is 19.4. The third kappa shape index (κ3) is 5.02. The molecule has 0 unspecified atom stereocenters. The molecule has 1 saturated heterocycles. The fraction of sp³-hybridized carbons (Fsp3) is 0.533. The van der Waals surface area contributed by atoms with E-state index in [-0.39, 0.29) is 11.8 Å². The van der Waals surface area contributed by atoms with Gasteiger partial charge in [-0.05, 0) is 31.5 Å². The van der Waals surface area contributed by atoms with Crippen molar-refractivity contribution in [3.63, 3.8) is 0 Å². The Hall–Kier alpha value is -1.96. The highest BCUT2D eigenvalue weighted by Crippen LogP contribution is 2.26. The van der Waals surface area contributed by atoms with Crippen molar-refractivity contribution >= 4 is 6.03 Å². The molecule has 2 rings (SSSR count). The van der Waals surface area contributed by atoms with Crippen LogP contribution in [-0.4, -0.2) is 43.6 Å². The maximum atomic E-state index is 12.2. The average Bonchev–Trinajstić information content (AvgIpc) is 2.46. The van der Waals surface area contributed by atoms with Crippen LogP contribution in [-0.2, 0) is 10.3 Å². The Bertz CT molecular complexity index is 538. The van der Waals surface area contributed by atoms with Crippen LogP contribution in [0.25, 0.3) is 0 Å². The highest BCUT2D eigenvalue weighted by Gasteiger charge is 2.31. The Balaban J connectivity index is 2.02. The number of benzene rings is 1. The molecule has 23 heavy (non-hydrogen) atoms. The molecule has 0 atom stereocenters. The van der Waals surface area contributed by atoms with Crippen LogP contribution >= 0.6 is 0 Å². The molecule has 1 fully saturated rings. The summed E-state index contributed by atoms with van der Waals surface area (Å²) in [5.41, 5.74) is -0.0553. The molecule has 8 heteroatoms. The number of ether oxygens (including phenoxy) is 2. The lowest BCUT2D eigenvalue weighted by Gasteiger charge is -2.33. The molecule has 1 aromatic rings. The van der Waals surface area contributed by atoms with Crippen LogP contribution in [0.2, 0.25) is 0 Å². The predicted octanol–water partition coefficient (Wildman–Crippen LogP) is 2.86. The largest absolute Gasteiger partial charge is 0.573 e. The zero-order chi connectivity index (χ0) is 17.1. The molecule has 1 aliphatic heterocycles. The van der Waals surface area contributed by atoms with Gasteiger partial charge in [0.25, 0.3) is 0 Å². The van der Waals surface area contributed by atoms with E-state index in [2.05, 4.69) is 10.1 Å². The maximum Gasteiger partial charge on any atom is 0.573 e. The number of nitrogens with one attached hydrogen (secondary N) is 1. The summed E-state index contributed by atoms with van der Waals surface area (Å²) >= 11 is 0. The van der Waals surface area contributed by atoms with Crippen molar-refractivity contribution in [2.45, 2.75) is 25.7 Å². The zero-order valence-corrected chi connectivity index (χ0v) is 12.9. The summed E-state index contributed by atoms with van der Waals surface area (Å²) in [5.74, 6) is -0.295. The first-order valence-electron chi connectivity index (χ1n) is 7.18. The second-order valence-electron chi connectivity index (χ2n) is 5.73. The van der Waals surface area contributed by atoms with Gasteiger partial charge in [0.2, 0.25) is 0 Å². The van der Waals surface area contributed by atoms with E-state index in [0.29, 0.717) is 31.9 Å². The summed E-state index contributed by atoms with van der Waals surface area (Å²) in [4.78, 5) is 13.9. The van der Waals surface area contributed by atoms with Crippen molar-refractivity contribution in [2.75, 3.05) is 26.3 Å². The Morgan fingerprint density at radius 3 is 2.26 bits per heavy atom. The first kappa shape index (κ1) is 17.4. The molecule has 1 heterocycles. The van der Waals surface area contributed by atoms with Gasteiger partial charge in [-0.15, -0.1) is 13.2 Å². The van der Waals surface area contributed by atoms with E-state index in [1.165, 1.54) is 24.3 Å². The molecule has 0 spiro atoms. The van der Waals surface area contributed by atoms with Gasteiger partial charge >= 0.3 is 12.4 Å². The Morgan fingerprint density at radius 1 is 1.17 bits per heavy atom. The van der Waals surface area contributed by atoms with Gasteiger partial charge in [-0.1, -0.05) is 12.1 Å². The van der Waals surface area contributed by atoms with Gasteiger partial charge in [0.15, 0.2) is 0 Å². The number of carbonyl (C=O) groups is 1. The molecule has 5 nitrogen and oxygen atoms in total. The standard InChI is InChI=1S/C15H19F3N2O3/c1-14(2,19-13(21)20-7-9-22-10-8-20)11-3-5-12(6-4-11)23-15(16,17)18/h3-6H,7-10H2,1-2H3,(H,19,21). The minimum atomic E-state index is -4.72. The molecule has 0 aromatic heterocycles. The smallest absolute Gasteiger partial charge is 0.406 e. The van der Waals surface area contributed by atoms with Crippen molar-refractivity contribution in [3.8, 4) is 5.75 Å². The zero-order valence-electron chi connectivity index (χ0n) is 12.9. The topological polar surface area (TPSA) is 50.8 Å². The van der Waals surface area contributed by atoms with E-state index >= 15 is 0 Å². The first-order valence-corrected chi connectivity index (χ1v) is 7.18. The molecule has 1 N–H and O–H groups in total. The number of urea groups is 1. The van der Waals surface area contributed by atoms with Crippen molar-refractivity contribution in [1.29, 1.82) is 0 Å². The van der Waals surface area contributed by atoms with E-state index in [1.54, 1.807) is 18.7 Å². The Labute approximate surface area is 132 Å². The third-order valence-electron chi connectivity index (χ3n) is 3.53. The van der Waals surface area contributed by atoms with Crippen molar-refractivity contribution < 1.29 is 27.4 Å². The highest BCUT2D eigenvalue weighted by molar-refractivity contribution is 5.75. The molecule has 0 bridgehead atoms. The van der Waals surface area contributed by atoms with Crippen LogP contribution in [0.1, 0.15) is 19.4 Å². The van der Waals surface area contributed by atoms with Crippen LogP contribution in [0.15, 0.2) is 24.3 Å². The van der Waals surface area contributed by atoms with Gasteiger partial charge in [-0.25, -0.2) is 4.79 Å². The molecular formula is C15H19F3N2O3. The van der Waals surface area contributed by atoms with Crippen molar-refractivity contribution in [3.05, 3.63) is 29.8 Å². The first-order chi connectivity index (χ1) is 10.7. The molecule has 0 saturated carbocycles. The van der Waals surface area contributed by atoms with Crippen LogP contribution in [0.3, 0.4) is 0 Å². The lowest BCUT2D eigenvalue weighted by Crippen LogP contribution is -2.51. The lowest BCUT2D eigenvalue weighted by atomic mass is 9.94. The summed E-state index contributed by atoms with van der Waals surface area (Å²) in [6.45, 7) is 5.59. The average molecular weight is 332 g/mol. The monoisotopic (exact) mass is 332 g/mol. The quantitative estimate of drug-likeness (QED) is 0.926. The molecule has 1 aromatic carbocycles. The Morgan fingerprint density at radius 2 is 1.74 bits per heavy atom. The second kappa shape index (κ2) is 6.66. The summed E-state index contributed by atoms with van der Waals surface area (Å²) in [6.07, 6.45) is -4.72. The van der Waals surface area contributed by atoms with E-state index in [4.69, 9.17) is 4.74 Å². The summed E-state index contributed by atoms with van der Waals surface area (Å²) < 4.78 is 45.5.